The van der Waals surface area contributed by atoms with E-state index < -0.39 is 16.0 Å². The van der Waals surface area contributed by atoms with Crippen LogP contribution in [0.25, 0.3) is 6.08 Å². The van der Waals surface area contributed by atoms with Crippen molar-refractivity contribution < 1.29 is 18.3 Å². The molecule has 0 saturated heterocycles. The number of aliphatic carboxylic acids is 1. The molecular weight excluding hydrogens is 298 g/mol. The molecule has 0 radical (unpaired) electrons. The van der Waals surface area contributed by atoms with Crippen LogP contribution in [0.4, 0.5) is 0 Å². The molecule has 7 heteroatoms. The van der Waals surface area contributed by atoms with Gasteiger partial charge < -0.3 is 5.11 Å². The molecule has 1 aromatic rings. The molecule has 0 unspecified atom stereocenters. The van der Waals surface area contributed by atoms with Gasteiger partial charge in [0, 0.05) is 17.5 Å². The molecule has 0 bridgehead atoms. The minimum Gasteiger partial charge on any atom is -0.478 e. The van der Waals surface area contributed by atoms with E-state index in [2.05, 4.69) is 4.72 Å². The Hall–Kier alpha value is -1.18. The van der Waals surface area contributed by atoms with Gasteiger partial charge in [-0.1, -0.05) is 13.8 Å². The third-order valence-electron chi connectivity index (χ3n) is 2.52. The Kier molecular flexibility index (Phi) is 6.38. The summed E-state index contributed by atoms with van der Waals surface area (Å²) in [6, 6.07) is 1.77. The van der Waals surface area contributed by atoms with Gasteiger partial charge in [0.2, 0.25) is 10.0 Å². The van der Waals surface area contributed by atoms with Crippen LogP contribution >= 0.6 is 11.3 Å². The number of rotatable bonds is 8. The molecule has 0 spiro atoms. The summed E-state index contributed by atoms with van der Waals surface area (Å²) in [5.41, 5.74) is 0.758. The quantitative estimate of drug-likeness (QED) is 0.721. The zero-order chi connectivity index (χ0) is 15.2. The van der Waals surface area contributed by atoms with Gasteiger partial charge in [-0.15, -0.1) is 11.3 Å². The Morgan fingerprint density at radius 3 is 2.80 bits per heavy atom. The van der Waals surface area contributed by atoms with Crippen molar-refractivity contribution in [2.24, 2.45) is 5.92 Å². The third-order valence-corrected chi connectivity index (χ3v) is 4.83. The Morgan fingerprint density at radius 1 is 1.50 bits per heavy atom. The van der Waals surface area contributed by atoms with Gasteiger partial charge in [-0.2, -0.15) is 0 Å². The van der Waals surface area contributed by atoms with E-state index in [0.717, 1.165) is 16.5 Å². The van der Waals surface area contributed by atoms with Crippen LogP contribution in [0.1, 0.15) is 30.7 Å². The number of carboxylic acids is 1. The number of hydrogen-bond donors (Lipinski definition) is 2. The fourth-order valence-corrected chi connectivity index (χ4v) is 3.58. The zero-order valence-corrected chi connectivity index (χ0v) is 13.1. The molecule has 112 valence electrons. The molecule has 0 aliphatic heterocycles. The molecule has 0 amide bonds. The van der Waals surface area contributed by atoms with Gasteiger partial charge in [0.15, 0.2) is 0 Å². The highest BCUT2D eigenvalue weighted by atomic mass is 32.2. The zero-order valence-electron chi connectivity index (χ0n) is 11.5. The summed E-state index contributed by atoms with van der Waals surface area (Å²) in [5.74, 6) is -0.532. The largest absolute Gasteiger partial charge is 0.478 e. The van der Waals surface area contributed by atoms with Gasteiger partial charge in [0.1, 0.15) is 0 Å². The molecule has 0 atom stereocenters. The van der Waals surface area contributed by atoms with Crippen molar-refractivity contribution in [1.82, 2.24) is 4.72 Å². The number of sulfonamides is 1. The average molecular weight is 317 g/mol. The highest BCUT2D eigenvalue weighted by Gasteiger charge is 2.11. The van der Waals surface area contributed by atoms with E-state index in [0.29, 0.717) is 12.3 Å². The van der Waals surface area contributed by atoms with Crippen molar-refractivity contribution >= 4 is 33.4 Å². The molecule has 2 N–H and O–H groups in total. The number of hydrogen-bond acceptors (Lipinski definition) is 4. The van der Waals surface area contributed by atoms with E-state index >= 15 is 0 Å². The second kappa shape index (κ2) is 7.56. The Bertz CT molecular complexity index is 573. The maximum Gasteiger partial charge on any atom is 0.328 e. The smallest absolute Gasteiger partial charge is 0.328 e. The van der Waals surface area contributed by atoms with Gasteiger partial charge in [0.25, 0.3) is 0 Å². The molecule has 5 nitrogen and oxygen atoms in total. The van der Waals surface area contributed by atoms with E-state index in [4.69, 9.17) is 5.11 Å². The van der Waals surface area contributed by atoms with Crippen molar-refractivity contribution in [3.8, 4) is 0 Å². The van der Waals surface area contributed by atoms with Gasteiger partial charge in [-0.3, -0.25) is 0 Å². The van der Waals surface area contributed by atoms with Gasteiger partial charge in [-0.25, -0.2) is 17.9 Å². The maximum absolute atomic E-state index is 11.7. The summed E-state index contributed by atoms with van der Waals surface area (Å²) in [6.45, 7) is 4.21. The highest BCUT2D eigenvalue weighted by molar-refractivity contribution is 7.89. The minimum atomic E-state index is -3.25. The van der Waals surface area contributed by atoms with Crippen LogP contribution in [0.3, 0.4) is 0 Å². The second-order valence-electron chi connectivity index (χ2n) is 4.84. The topological polar surface area (TPSA) is 83.5 Å². The predicted molar refractivity (Wildman–Crippen MR) is 81.1 cm³/mol. The fraction of sp³-hybridized carbons (Fsp3) is 0.462. The summed E-state index contributed by atoms with van der Waals surface area (Å²) < 4.78 is 26.0. The van der Waals surface area contributed by atoms with Crippen molar-refractivity contribution in [1.29, 1.82) is 0 Å². The van der Waals surface area contributed by atoms with Crippen molar-refractivity contribution in [3.63, 3.8) is 0 Å². The summed E-state index contributed by atoms with van der Waals surface area (Å²) in [4.78, 5) is 11.2. The first kappa shape index (κ1) is 16.9. The Labute approximate surface area is 123 Å². The van der Waals surface area contributed by atoms with Gasteiger partial charge >= 0.3 is 5.97 Å². The fourth-order valence-electron chi connectivity index (χ4n) is 1.39. The van der Waals surface area contributed by atoms with E-state index in [1.807, 2.05) is 13.8 Å². The van der Waals surface area contributed by atoms with E-state index in [9.17, 15) is 13.2 Å². The molecule has 1 aromatic heterocycles. The van der Waals surface area contributed by atoms with E-state index in [1.54, 1.807) is 11.4 Å². The lowest BCUT2D eigenvalue weighted by atomic mass is 10.2. The number of carboxylic acid groups (broad SMARTS) is 1. The van der Waals surface area contributed by atoms with Crippen LogP contribution in [-0.2, 0) is 21.4 Å². The monoisotopic (exact) mass is 317 g/mol. The Balaban J connectivity index is 2.51. The molecule has 1 heterocycles. The normalized spacial score (nSPS) is 12.3. The van der Waals surface area contributed by atoms with Crippen LogP contribution in [0.5, 0.6) is 0 Å². The molecule has 20 heavy (non-hydrogen) atoms. The molecule has 0 aliphatic carbocycles. The van der Waals surface area contributed by atoms with Crippen LogP contribution in [0.15, 0.2) is 17.5 Å². The van der Waals surface area contributed by atoms with Crippen molar-refractivity contribution in [2.45, 2.75) is 26.8 Å². The summed E-state index contributed by atoms with van der Waals surface area (Å²) in [5, 5.41) is 10.3. The SMILES string of the molecule is CC(C)CCS(=O)(=O)NCc1cc(C=CC(=O)O)cs1. The third kappa shape index (κ3) is 6.83. The summed E-state index contributed by atoms with van der Waals surface area (Å²) >= 11 is 1.40. The highest BCUT2D eigenvalue weighted by Crippen LogP contribution is 2.16. The number of thiophene rings is 1. The second-order valence-corrected chi connectivity index (χ2v) is 7.76. The molecule has 1 rings (SSSR count). The first-order valence-electron chi connectivity index (χ1n) is 6.24. The molecule has 0 aromatic carbocycles. The van der Waals surface area contributed by atoms with Gasteiger partial charge in [-0.05, 0) is 35.4 Å². The van der Waals surface area contributed by atoms with Crippen molar-refractivity contribution in [3.05, 3.63) is 28.0 Å². The first-order chi connectivity index (χ1) is 9.28. The summed E-state index contributed by atoms with van der Waals surface area (Å²) in [7, 11) is -3.25. The summed E-state index contributed by atoms with van der Waals surface area (Å²) in [6.07, 6.45) is 3.17. The van der Waals surface area contributed by atoms with Gasteiger partial charge in [0.05, 0.1) is 5.75 Å². The molecule has 0 aliphatic rings. The molecule has 0 saturated carbocycles. The number of nitrogens with one attached hydrogen (secondary N) is 1. The van der Waals surface area contributed by atoms with Crippen molar-refractivity contribution in [2.75, 3.05) is 5.75 Å². The van der Waals surface area contributed by atoms with E-state index in [-0.39, 0.29) is 12.3 Å². The minimum absolute atomic E-state index is 0.127. The maximum atomic E-state index is 11.7. The average Bonchev–Trinajstić information content (AvgIpc) is 2.80. The standard InChI is InChI=1S/C13H19NO4S2/c1-10(2)5-6-20(17,18)14-8-12-7-11(9-19-12)3-4-13(15)16/h3-4,7,9-10,14H,5-6,8H2,1-2H3,(H,15,16). The van der Waals surface area contributed by atoms with Crippen LogP contribution in [0, 0.1) is 5.92 Å². The Morgan fingerprint density at radius 2 is 2.20 bits per heavy atom. The van der Waals surface area contributed by atoms with E-state index in [1.165, 1.54) is 17.4 Å². The molecule has 0 fully saturated rings. The van der Waals surface area contributed by atoms with Crippen LogP contribution in [0.2, 0.25) is 0 Å². The molecular formula is C13H19NO4S2. The predicted octanol–water partition coefficient (Wildman–Crippen LogP) is 2.31. The van der Waals surface area contributed by atoms with Crippen LogP contribution < -0.4 is 4.72 Å². The lowest BCUT2D eigenvalue weighted by molar-refractivity contribution is -0.131. The lowest BCUT2D eigenvalue weighted by Gasteiger charge is -2.07. The van der Waals surface area contributed by atoms with Crippen LogP contribution in [-0.4, -0.2) is 25.2 Å². The number of carbonyl (C=O) groups is 1. The lowest BCUT2D eigenvalue weighted by Crippen LogP contribution is -2.26. The first-order valence-corrected chi connectivity index (χ1v) is 8.77.